The van der Waals surface area contributed by atoms with Gasteiger partial charge in [0, 0.05) is 0 Å². The van der Waals surface area contributed by atoms with Gasteiger partial charge in [-0.3, -0.25) is 5.41 Å². The predicted molar refractivity (Wildman–Crippen MR) is 70.4 cm³/mol. The van der Waals surface area contributed by atoms with Crippen molar-refractivity contribution in [3.63, 3.8) is 0 Å². The van der Waals surface area contributed by atoms with Crippen LogP contribution in [-0.2, 0) is 6.61 Å². The second-order valence-corrected chi connectivity index (χ2v) is 3.80. The van der Waals surface area contributed by atoms with Gasteiger partial charge in [0.2, 0.25) is 5.88 Å². The van der Waals surface area contributed by atoms with Gasteiger partial charge in [-0.15, -0.1) is 5.10 Å². The SMILES string of the molecule is COc1cccc(COc2nnccc2C(=N)N)c1. The van der Waals surface area contributed by atoms with E-state index < -0.39 is 0 Å². The molecule has 0 saturated carbocycles. The molecule has 6 nitrogen and oxygen atoms in total. The van der Waals surface area contributed by atoms with Crippen LogP contribution >= 0.6 is 0 Å². The van der Waals surface area contributed by atoms with Crippen LogP contribution in [-0.4, -0.2) is 23.1 Å². The predicted octanol–water partition coefficient (Wildman–Crippen LogP) is 1.35. The first-order valence-corrected chi connectivity index (χ1v) is 5.62. The maximum Gasteiger partial charge on any atom is 0.244 e. The second-order valence-electron chi connectivity index (χ2n) is 3.80. The van der Waals surface area contributed by atoms with Crippen LogP contribution in [0.15, 0.2) is 36.5 Å². The van der Waals surface area contributed by atoms with Crippen molar-refractivity contribution in [3.05, 3.63) is 47.7 Å². The molecule has 3 N–H and O–H groups in total. The molecule has 2 aromatic rings. The highest BCUT2D eigenvalue weighted by Crippen LogP contribution is 2.17. The third-order valence-corrected chi connectivity index (χ3v) is 2.49. The van der Waals surface area contributed by atoms with Gasteiger partial charge in [0.1, 0.15) is 18.2 Å². The molecule has 0 amide bonds. The second kappa shape index (κ2) is 5.81. The summed E-state index contributed by atoms with van der Waals surface area (Å²) in [5.41, 5.74) is 6.80. The number of rotatable bonds is 5. The molecule has 98 valence electrons. The summed E-state index contributed by atoms with van der Waals surface area (Å²) in [6, 6.07) is 9.10. The molecule has 0 saturated heterocycles. The van der Waals surface area contributed by atoms with Crippen LogP contribution in [0, 0.1) is 5.41 Å². The highest BCUT2D eigenvalue weighted by molar-refractivity contribution is 5.96. The minimum absolute atomic E-state index is 0.101. The van der Waals surface area contributed by atoms with E-state index in [-0.39, 0.29) is 11.7 Å². The normalized spacial score (nSPS) is 9.95. The first kappa shape index (κ1) is 12.8. The van der Waals surface area contributed by atoms with E-state index in [1.807, 2.05) is 24.3 Å². The summed E-state index contributed by atoms with van der Waals surface area (Å²) in [6.07, 6.45) is 1.47. The molecule has 0 radical (unpaired) electrons. The van der Waals surface area contributed by atoms with Crippen LogP contribution in [0.2, 0.25) is 0 Å². The smallest absolute Gasteiger partial charge is 0.244 e. The fourth-order valence-corrected chi connectivity index (χ4v) is 1.54. The molecule has 19 heavy (non-hydrogen) atoms. The standard InChI is InChI=1S/C13H14N4O2/c1-18-10-4-2-3-9(7-10)8-19-13-11(12(14)15)5-6-16-17-13/h2-7H,8H2,1H3,(H3,14,15). The summed E-state index contributed by atoms with van der Waals surface area (Å²) in [5.74, 6) is 0.903. The summed E-state index contributed by atoms with van der Waals surface area (Å²) in [4.78, 5) is 0. The van der Waals surface area contributed by atoms with Gasteiger partial charge in [-0.2, -0.15) is 5.10 Å². The van der Waals surface area contributed by atoms with Gasteiger partial charge < -0.3 is 15.2 Å². The van der Waals surface area contributed by atoms with E-state index in [4.69, 9.17) is 20.6 Å². The van der Waals surface area contributed by atoms with Gasteiger partial charge in [-0.05, 0) is 23.8 Å². The first-order chi connectivity index (χ1) is 9.20. The molecular formula is C13H14N4O2. The van der Waals surface area contributed by atoms with Crippen LogP contribution in [0.25, 0.3) is 0 Å². The molecule has 0 aliphatic rings. The number of hydrogen-bond acceptors (Lipinski definition) is 5. The van der Waals surface area contributed by atoms with E-state index >= 15 is 0 Å². The number of ether oxygens (including phenoxy) is 2. The van der Waals surface area contributed by atoms with E-state index in [0.29, 0.717) is 12.2 Å². The molecule has 0 fully saturated rings. The Kier molecular flexibility index (Phi) is 3.92. The van der Waals surface area contributed by atoms with Crippen molar-refractivity contribution >= 4 is 5.84 Å². The maximum absolute atomic E-state index is 7.43. The number of methoxy groups -OCH3 is 1. The highest BCUT2D eigenvalue weighted by atomic mass is 16.5. The van der Waals surface area contributed by atoms with Crippen LogP contribution in [0.3, 0.4) is 0 Å². The molecule has 0 spiro atoms. The lowest BCUT2D eigenvalue weighted by atomic mass is 10.2. The summed E-state index contributed by atoms with van der Waals surface area (Å²) in [7, 11) is 1.61. The van der Waals surface area contributed by atoms with Gasteiger partial charge in [0.05, 0.1) is 18.9 Å². The van der Waals surface area contributed by atoms with E-state index in [0.717, 1.165) is 11.3 Å². The van der Waals surface area contributed by atoms with Crippen molar-refractivity contribution in [2.45, 2.75) is 6.61 Å². The zero-order valence-corrected chi connectivity index (χ0v) is 10.5. The Balaban J connectivity index is 2.12. The lowest BCUT2D eigenvalue weighted by molar-refractivity contribution is 0.288. The Morgan fingerprint density at radius 1 is 1.37 bits per heavy atom. The van der Waals surface area contributed by atoms with Gasteiger partial charge in [0.15, 0.2) is 0 Å². The molecule has 1 heterocycles. The number of nitrogens with zero attached hydrogens (tertiary/aromatic N) is 2. The summed E-state index contributed by atoms with van der Waals surface area (Å²) >= 11 is 0. The number of hydrogen-bond donors (Lipinski definition) is 2. The Morgan fingerprint density at radius 3 is 2.95 bits per heavy atom. The molecule has 2 rings (SSSR count). The first-order valence-electron chi connectivity index (χ1n) is 5.62. The Hall–Kier alpha value is -2.63. The average Bonchev–Trinajstić information content (AvgIpc) is 2.45. The fraction of sp³-hybridized carbons (Fsp3) is 0.154. The van der Waals surface area contributed by atoms with E-state index in [1.54, 1.807) is 13.2 Å². The topological polar surface area (TPSA) is 94.1 Å². The zero-order chi connectivity index (χ0) is 13.7. The van der Waals surface area contributed by atoms with E-state index in [2.05, 4.69) is 10.2 Å². The fourth-order valence-electron chi connectivity index (χ4n) is 1.54. The van der Waals surface area contributed by atoms with Crippen molar-refractivity contribution in [2.24, 2.45) is 5.73 Å². The third kappa shape index (κ3) is 3.19. The average molecular weight is 258 g/mol. The zero-order valence-electron chi connectivity index (χ0n) is 10.5. The van der Waals surface area contributed by atoms with Crippen molar-refractivity contribution in [2.75, 3.05) is 7.11 Å². The minimum atomic E-state index is -0.101. The van der Waals surface area contributed by atoms with Crippen molar-refractivity contribution in [3.8, 4) is 11.6 Å². The number of nitrogens with two attached hydrogens (primary N) is 1. The monoisotopic (exact) mass is 258 g/mol. The van der Waals surface area contributed by atoms with Crippen LogP contribution < -0.4 is 15.2 Å². The van der Waals surface area contributed by atoms with Crippen molar-refractivity contribution in [1.82, 2.24) is 10.2 Å². The van der Waals surface area contributed by atoms with Crippen molar-refractivity contribution < 1.29 is 9.47 Å². The number of nitrogens with one attached hydrogen (secondary N) is 1. The molecule has 6 heteroatoms. The summed E-state index contributed by atoms with van der Waals surface area (Å²) in [6.45, 7) is 0.302. The number of benzene rings is 1. The minimum Gasteiger partial charge on any atom is -0.497 e. The molecule has 0 atom stereocenters. The van der Waals surface area contributed by atoms with Crippen molar-refractivity contribution in [1.29, 1.82) is 5.41 Å². The van der Waals surface area contributed by atoms with Crippen LogP contribution in [0.1, 0.15) is 11.1 Å². The lowest BCUT2D eigenvalue weighted by Crippen LogP contribution is -2.14. The van der Waals surface area contributed by atoms with Gasteiger partial charge in [0.25, 0.3) is 0 Å². The molecule has 0 aliphatic heterocycles. The quantitative estimate of drug-likeness (QED) is 0.623. The molecule has 0 aliphatic carbocycles. The van der Waals surface area contributed by atoms with Crippen LogP contribution in [0.5, 0.6) is 11.6 Å². The molecule has 0 unspecified atom stereocenters. The lowest BCUT2D eigenvalue weighted by Gasteiger charge is -2.09. The third-order valence-electron chi connectivity index (χ3n) is 2.49. The Morgan fingerprint density at radius 2 is 2.21 bits per heavy atom. The Labute approximate surface area is 110 Å². The largest absolute Gasteiger partial charge is 0.497 e. The number of amidine groups is 1. The number of aromatic nitrogens is 2. The van der Waals surface area contributed by atoms with E-state index in [1.165, 1.54) is 6.20 Å². The van der Waals surface area contributed by atoms with E-state index in [9.17, 15) is 0 Å². The molecule has 1 aromatic heterocycles. The van der Waals surface area contributed by atoms with Gasteiger partial charge >= 0.3 is 0 Å². The summed E-state index contributed by atoms with van der Waals surface area (Å²) in [5, 5.41) is 15.0. The molecular weight excluding hydrogens is 244 g/mol. The molecule has 1 aromatic carbocycles. The Bertz CT molecular complexity index is 586. The van der Waals surface area contributed by atoms with Crippen LogP contribution in [0.4, 0.5) is 0 Å². The molecule has 0 bridgehead atoms. The maximum atomic E-state index is 7.43. The van der Waals surface area contributed by atoms with Gasteiger partial charge in [-0.25, -0.2) is 0 Å². The van der Waals surface area contributed by atoms with Gasteiger partial charge in [-0.1, -0.05) is 12.1 Å². The summed E-state index contributed by atoms with van der Waals surface area (Å²) < 4.78 is 10.7. The highest BCUT2D eigenvalue weighted by Gasteiger charge is 2.08. The number of nitrogen functional groups attached to an aromatic ring is 1.